The number of carbonyl (C=O) groups excluding carboxylic acids is 1. The number of hydrogen-bond acceptors (Lipinski definition) is 3. The number of aliphatic hydroxyl groups excluding tert-OH is 1. The van der Waals surface area contributed by atoms with Crippen molar-refractivity contribution >= 4 is 5.78 Å². The van der Waals surface area contributed by atoms with E-state index in [2.05, 4.69) is 20.0 Å². The lowest BCUT2D eigenvalue weighted by Gasteiger charge is -2.59. The molecule has 4 rings (SSSR count). The molecule has 0 amide bonds. The Kier molecular flexibility index (Phi) is 4.10. The maximum Gasteiger partial charge on any atom is 0.166 e. The van der Waals surface area contributed by atoms with Gasteiger partial charge in [0.25, 0.3) is 0 Å². The van der Waals surface area contributed by atoms with Crippen molar-refractivity contribution in [2.45, 2.75) is 71.3 Å². The molecule has 7 atom stereocenters. The Morgan fingerprint density at radius 3 is 2.56 bits per heavy atom. The Morgan fingerprint density at radius 2 is 1.84 bits per heavy atom. The molecule has 0 heterocycles. The molecule has 0 aromatic rings. The molecule has 3 nitrogen and oxygen atoms in total. The van der Waals surface area contributed by atoms with Crippen LogP contribution in [0.15, 0.2) is 11.8 Å². The lowest BCUT2D eigenvalue weighted by molar-refractivity contribution is -0.141. The molecule has 0 aromatic carbocycles. The molecule has 1 N–H and O–H groups in total. The second kappa shape index (κ2) is 5.84. The van der Waals surface area contributed by atoms with Crippen LogP contribution in [0.1, 0.15) is 65.2 Å². The summed E-state index contributed by atoms with van der Waals surface area (Å²) < 4.78 is 0. The van der Waals surface area contributed by atoms with Gasteiger partial charge in [0.1, 0.15) is 0 Å². The predicted octanol–water partition coefficient (Wildman–Crippen LogP) is 4.01. The molecule has 0 aromatic heterocycles. The van der Waals surface area contributed by atoms with Gasteiger partial charge in [0.15, 0.2) is 5.78 Å². The molecule has 25 heavy (non-hydrogen) atoms. The maximum atomic E-state index is 13.1. The summed E-state index contributed by atoms with van der Waals surface area (Å²) in [5, 5.41) is 10.1. The van der Waals surface area contributed by atoms with E-state index in [1.807, 2.05) is 19.0 Å². The number of nitrogens with zero attached hydrogens (tertiary/aromatic N) is 1. The van der Waals surface area contributed by atoms with Gasteiger partial charge in [0.2, 0.25) is 0 Å². The number of Topliss-reactive ketones (excluding diaryl/α,β-unsaturated/α-hetero) is 1. The van der Waals surface area contributed by atoms with E-state index in [0.717, 1.165) is 37.2 Å². The quantitative estimate of drug-likeness (QED) is 0.730. The average Bonchev–Trinajstić information content (AvgIpc) is 2.79. The van der Waals surface area contributed by atoms with Crippen LogP contribution in [0.25, 0.3) is 0 Å². The van der Waals surface area contributed by atoms with Crippen molar-refractivity contribution in [3.8, 4) is 0 Å². The fourth-order valence-corrected chi connectivity index (χ4v) is 7.33. The maximum absolute atomic E-state index is 13.1. The second-order valence-corrected chi connectivity index (χ2v) is 10.2. The van der Waals surface area contributed by atoms with Crippen molar-refractivity contribution in [1.29, 1.82) is 0 Å². The van der Waals surface area contributed by atoms with Crippen molar-refractivity contribution in [1.82, 2.24) is 4.90 Å². The Balaban J connectivity index is 1.64. The van der Waals surface area contributed by atoms with E-state index in [4.69, 9.17) is 0 Å². The Morgan fingerprint density at radius 1 is 1.08 bits per heavy atom. The van der Waals surface area contributed by atoms with Gasteiger partial charge in [-0.3, -0.25) is 4.79 Å². The Labute approximate surface area is 152 Å². The highest BCUT2D eigenvalue weighted by Crippen LogP contribution is 2.66. The summed E-state index contributed by atoms with van der Waals surface area (Å²) in [5.41, 5.74) is 1.32. The molecule has 4 aliphatic rings. The summed E-state index contributed by atoms with van der Waals surface area (Å²) in [5.74, 6) is 3.11. The monoisotopic (exact) mass is 345 g/mol. The normalized spacial score (nSPS) is 51.0. The first-order valence-electron chi connectivity index (χ1n) is 10.4. The number of ketones is 1. The Bertz CT molecular complexity index is 597. The highest BCUT2D eigenvalue weighted by atomic mass is 16.3. The third-order valence-electron chi connectivity index (χ3n) is 8.69. The van der Waals surface area contributed by atoms with E-state index in [9.17, 15) is 9.90 Å². The molecule has 4 aliphatic carbocycles. The summed E-state index contributed by atoms with van der Waals surface area (Å²) in [6.45, 7) is 4.77. The first kappa shape index (κ1) is 17.6. The van der Waals surface area contributed by atoms with Gasteiger partial charge < -0.3 is 10.0 Å². The zero-order chi connectivity index (χ0) is 18.0. The summed E-state index contributed by atoms with van der Waals surface area (Å²) in [6, 6.07) is 0. The molecule has 0 saturated heterocycles. The van der Waals surface area contributed by atoms with Crippen LogP contribution in [-0.4, -0.2) is 36.0 Å². The minimum absolute atomic E-state index is 0.0776. The lowest BCUT2D eigenvalue weighted by Crippen LogP contribution is -2.54. The van der Waals surface area contributed by atoms with E-state index in [-0.39, 0.29) is 11.5 Å². The van der Waals surface area contributed by atoms with Crippen LogP contribution in [-0.2, 0) is 4.79 Å². The number of fused-ring (bicyclic) bond motifs is 5. The minimum Gasteiger partial charge on any atom is -0.393 e. The molecular weight excluding hydrogens is 310 g/mol. The number of rotatable bonds is 1. The summed E-state index contributed by atoms with van der Waals surface area (Å²) in [7, 11) is 4.04. The summed E-state index contributed by atoms with van der Waals surface area (Å²) in [6.07, 6.45) is 10.9. The third kappa shape index (κ3) is 2.52. The van der Waals surface area contributed by atoms with E-state index in [0.29, 0.717) is 29.0 Å². The topological polar surface area (TPSA) is 40.5 Å². The smallest absolute Gasteiger partial charge is 0.166 e. The lowest BCUT2D eigenvalue weighted by atomic mass is 9.45. The molecule has 140 valence electrons. The molecule has 0 spiro atoms. The molecule has 4 fully saturated rings. The fraction of sp³-hybridized carbons (Fsp3) is 0.864. The summed E-state index contributed by atoms with van der Waals surface area (Å²) in [4.78, 5) is 15.2. The molecule has 7 unspecified atom stereocenters. The standard InChI is InChI=1S/C22H35NO2/c1-21-9-7-16(24)12-15(21)5-6-17-18(21)8-10-22(2)19(17)11-14(20(22)25)13-23(3)4/h13,15-19,24H,5-12H2,1-4H3/b14-13-. The van der Waals surface area contributed by atoms with Crippen LogP contribution in [0.2, 0.25) is 0 Å². The number of carbonyl (C=O) groups is 1. The Hall–Kier alpha value is -0.830. The van der Waals surface area contributed by atoms with Crippen molar-refractivity contribution in [2.24, 2.45) is 34.5 Å². The van der Waals surface area contributed by atoms with Crippen LogP contribution < -0.4 is 0 Å². The number of hydrogen-bond donors (Lipinski definition) is 1. The molecular formula is C22H35NO2. The highest BCUT2D eigenvalue weighted by Gasteiger charge is 2.61. The van der Waals surface area contributed by atoms with Gasteiger partial charge in [0, 0.05) is 31.3 Å². The highest BCUT2D eigenvalue weighted by molar-refractivity contribution is 6.02. The van der Waals surface area contributed by atoms with Crippen molar-refractivity contribution in [3.05, 3.63) is 11.8 Å². The molecule has 0 radical (unpaired) electrons. The van der Waals surface area contributed by atoms with Crippen molar-refractivity contribution in [3.63, 3.8) is 0 Å². The predicted molar refractivity (Wildman–Crippen MR) is 99.9 cm³/mol. The van der Waals surface area contributed by atoms with Gasteiger partial charge >= 0.3 is 0 Å². The molecule has 0 bridgehead atoms. The van der Waals surface area contributed by atoms with Gasteiger partial charge in [-0.2, -0.15) is 0 Å². The van der Waals surface area contributed by atoms with Crippen molar-refractivity contribution < 1.29 is 9.90 Å². The van der Waals surface area contributed by atoms with E-state index in [1.165, 1.54) is 25.7 Å². The zero-order valence-electron chi connectivity index (χ0n) is 16.4. The minimum atomic E-state index is -0.125. The van der Waals surface area contributed by atoms with E-state index in [1.54, 1.807) is 0 Å². The SMILES string of the molecule is CN(C)/C=C1/CC2C3CCC4CC(O)CCC4(C)C3CCC2(C)C1=O. The van der Waals surface area contributed by atoms with Crippen LogP contribution in [0.4, 0.5) is 0 Å². The average molecular weight is 346 g/mol. The second-order valence-electron chi connectivity index (χ2n) is 10.2. The van der Waals surface area contributed by atoms with Crippen LogP contribution in [0.3, 0.4) is 0 Å². The first-order valence-corrected chi connectivity index (χ1v) is 10.4. The van der Waals surface area contributed by atoms with Gasteiger partial charge in [-0.25, -0.2) is 0 Å². The van der Waals surface area contributed by atoms with Crippen molar-refractivity contribution in [2.75, 3.05) is 14.1 Å². The van der Waals surface area contributed by atoms with E-state index < -0.39 is 0 Å². The van der Waals surface area contributed by atoms with Crippen LogP contribution in [0.5, 0.6) is 0 Å². The number of allylic oxidation sites excluding steroid dienone is 1. The van der Waals surface area contributed by atoms with Gasteiger partial charge in [-0.15, -0.1) is 0 Å². The van der Waals surface area contributed by atoms with Gasteiger partial charge in [0.05, 0.1) is 6.10 Å². The van der Waals surface area contributed by atoms with Gasteiger partial charge in [-0.1, -0.05) is 13.8 Å². The molecule has 0 aliphatic heterocycles. The largest absolute Gasteiger partial charge is 0.393 e. The van der Waals surface area contributed by atoms with Crippen LogP contribution in [0, 0.1) is 34.5 Å². The number of aliphatic hydroxyl groups is 1. The summed E-state index contributed by atoms with van der Waals surface area (Å²) >= 11 is 0. The zero-order valence-corrected chi connectivity index (χ0v) is 16.4. The fourth-order valence-electron chi connectivity index (χ4n) is 7.33. The first-order chi connectivity index (χ1) is 11.8. The third-order valence-corrected chi connectivity index (χ3v) is 8.69. The van der Waals surface area contributed by atoms with E-state index >= 15 is 0 Å². The molecule has 4 saturated carbocycles. The van der Waals surface area contributed by atoms with Crippen LogP contribution >= 0.6 is 0 Å². The molecule has 3 heteroatoms. The van der Waals surface area contributed by atoms with Gasteiger partial charge in [-0.05, 0) is 80.5 Å².